The van der Waals surface area contributed by atoms with Gasteiger partial charge in [0.15, 0.2) is 0 Å². The Labute approximate surface area is 111 Å². The van der Waals surface area contributed by atoms with Gasteiger partial charge >= 0.3 is 6.18 Å². The SMILES string of the molecule is OC(Cc1cccs1)c1cccc(C(F)(F)F)c1F. The first-order chi connectivity index (χ1) is 8.89. The number of halogens is 4. The summed E-state index contributed by atoms with van der Waals surface area (Å²) in [5.74, 6) is -1.40. The van der Waals surface area contributed by atoms with Crippen molar-refractivity contribution < 1.29 is 22.7 Å². The van der Waals surface area contributed by atoms with Gasteiger partial charge in [0.05, 0.1) is 11.7 Å². The van der Waals surface area contributed by atoms with Crippen molar-refractivity contribution in [3.05, 3.63) is 57.5 Å². The molecule has 6 heteroatoms. The molecule has 2 aromatic rings. The van der Waals surface area contributed by atoms with E-state index in [4.69, 9.17) is 0 Å². The van der Waals surface area contributed by atoms with E-state index in [0.29, 0.717) is 6.07 Å². The lowest BCUT2D eigenvalue weighted by Gasteiger charge is -2.15. The molecular weight excluding hydrogens is 280 g/mol. The molecule has 1 heterocycles. The van der Waals surface area contributed by atoms with Crippen LogP contribution in [0.15, 0.2) is 35.7 Å². The van der Waals surface area contributed by atoms with Gasteiger partial charge in [0.1, 0.15) is 5.82 Å². The Morgan fingerprint density at radius 1 is 1.16 bits per heavy atom. The Morgan fingerprint density at radius 2 is 1.89 bits per heavy atom. The first-order valence-corrected chi connectivity index (χ1v) is 6.33. The highest BCUT2D eigenvalue weighted by atomic mass is 32.1. The second kappa shape index (κ2) is 5.30. The second-order valence-corrected chi connectivity index (χ2v) is 5.04. The Balaban J connectivity index is 2.30. The highest BCUT2D eigenvalue weighted by Gasteiger charge is 2.35. The zero-order valence-corrected chi connectivity index (χ0v) is 10.4. The smallest absolute Gasteiger partial charge is 0.388 e. The fourth-order valence-electron chi connectivity index (χ4n) is 1.76. The summed E-state index contributed by atoms with van der Waals surface area (Å²) in [6, 6.07) is 6.42. The van der Waals surface area contributed by atoms with Crippen LogP contribution in [0, 0.1) is 5.82 Å². The number of alkyl halides is 3. The van der Waals surface area contributed by atoms with Gasteiger partial charge in [-0.3, -0.25) is 0 Å². The van der Waals surface area contributed by atoms with E-state index < -0.39 is 23.7 Å². The van der Waals surface area contributed by atoms with Crippen molar-refractivity contribution in [1.29, 1.82) is 0 Å². The van der Waals surface area contributed by atoms with Crippen LogP contribution in [0.2, 0.25) is 0 Å². The molecular formula is C13H10F4OS. The van der Waals surface area contributed by atoms with E-state index in [1.807, 2.05) is 0 Å². The zero-order valence-electron chi connectivity index (χ0n) is 9.62. The van der Waals surface area contributed by atoms with Crippen molar-refractivity contribution in [2.75, 3.05) is 0 Å². The molecule has 102 valence electrons. The van der Waals surface area contributed by atoms with Gasteiger partial charge in [-0.2, -0.15) is 13.2 Å². The zero-order chi connectivity index (χ0) is 14.0. The van der Waals surface area contributed by atoms with Crippen molar-refractivity contribution in [2.45, 2.75) is 18.7 Å². The largest absolute Gasteiger partial charge is 0.419 e. The highest BCUT2D eigenvalue weighted by molar-refractivity contribution is 7.09. The number of rotatable bonds is 3. The van der Waals surface area contributed by atoms with Crippen LogP contribution in [0.3, 0.4) is 0 Å². The average Bonchev–Trinajstić information content (AvgIpc) is 2.80. The molecule has 1 aromatic heterocycles. The number of thiophene rings is 1. The van der Waals surface area contributed by atoms with E-state index in [1.54, 1.807) is 17.5 Å². The van der Waals surface area contributed by atoms with Crippen LogP contribution in [0.1, 0.15) is 22.1 Å². The second-order valence-electron chi connectivity index (χ2n) is 4.01. The molecule has 0 amide bonds. The van der Waals surface area contributed by atoms with Crippen molar-refractivity contribution in [1.82, 2.24) is 0 Å². The van der Waals surface area contributed by atoms with Gasteiger partial charge in [-0.15, -0.1) is 11.3 Å². The van der Waals surface area contributed by atoms with E-state index in [2.05, 4.69) is 0 Å². The average molecular weight is 290 g/mol. The standard InChI is InChI=1S/C13H10F4OS/c14-12-9(4-1-5-10(12)13(15,16)17)11(18)7-8-3-2-6-19-8/h1-6,11,18H,7H2. The fraction of sp³-hybridized carbons (Fsp3) is 0.231. The third kappa shape index (κ3) is 3.13. The molecule has 0 bridgehead atoms. The van der Waals surface area contributed by atoms with Crippen LogP contribution in [0.25, 0.3) is 0 Å². The highest BCUT2D eigenvalue weighted by Crippen LogP contribution is 2.34. The van der Waals surface area contributed by atoms with E-state index in [1.165, 1.54) is 17.4 Å². The van der Waals surface area contributed by atoms with Crippen molar-refractivity contribution in [3.8, 4) is 0 Å². The molecule has 0 aliphatic heterocycles. The van der Waals surface area contributed by atoms with Gasteiger partial charge in [0.2, 0.25) is 0 Å². The first kappa shape index (κ1) is 14.0. The minimum absolute atomic E-state index is 0.0932. The Bertz CT molecular complexity index is 548. The molecule has 1 N–H and O–H groups in total. The molecule has 1 aromatic carbocycles. The number of hydrogen-bond acceptors (Lipinski definition) is 2. The predicted molar refractivity (Wildman–Crippen MR) is 64.4 cm³/mol. The molecule has 0 saturated carbocycles. The molecule has 1 unspecified atom stereocenters. The quantitative estimate of drug-likeness (QED) is 0.841. The summed E-state index contributed by atoms with van der Waals surface area (Å²) >= 11 is 1.36. The molecule has 0 aliphatic rings. The Morgan fingerprint density at radius 3 is 2.47 bits per heavy atom. The monoisotopic (exact) mass is 290 g/mol. The van der Waals surface area contributed by atoms with Crippen LogP contribution in [0.4, 0.5) is 17.6 Å². The summed E-state index contributed by atoms with van der Waals surface area (Å²) in [5, 5.41) is 11.6. The van der Waals surface area contributed by atoms with Gasteiger partial charge in [-0.05, 0) is 17.5 Å². The lowest BCUT2D eigenvalue weighted by molar-refractivity contribution is -0.140. The maximum absolute atomic E-state index is 13.8. The fourth-order valence-corrected chi connectivity index (χ4v) is 2.50. The van der Waals surface area contributed by atoms with E-state index in [-0.39, 0.29) is 12.0 Å². The number of aliphatic hydroxyl groups excluding tert-OH is 1. The topological polar surface area (TPSA) is 20.2 Å². The third-order valence-electron chi connectivity index (χ3n) is 2.67. The summed E-state index contributed by atoms with van der Waals surface area (Å²) in [5.41, 5.74) is -1.68. The Hall–Kier alpha value is -1.40. The molecule has 19 heavy (non-hydrogen) atoms. The van der Waals surface area contributed by atoms with Crippen molar-refractivity contribution >= 4 is 11.3 Å². The molecule has 2 rings (SSSR count). The van der Waals surface area contributed by atoms with E-state index >= 15 is 0 Å². The van der Waals surface area contributed by atoms with Crippen LogP contribution in [-0.4, -0.2) is 5.11 Å². The summed E-state index contributed by atoms with van der Waals surface area (Å²) in [4.78, 5) is 0.782. The lowest BCUT2D eigenvalue weighted by Crippen LogP contribution is -2.12. The molecule has 0 radical (unpaired) electrons. The van der Waals surface area contributed by atoms with Crippen LogP contribution < -0.4 is 0 Å². The molecule has 0 aliphatic carbocycles. The summed E-state index contributed by atoms with van der Waals surface area (Å²) in [6.45, 7) is 0. The maximum Gasteiger partial charge on any atom is 0.419 e. The van der Waals surface area contributed by atoms with E-state index in [9.17, 15) is 22.7 Å². The van der Waals surface area contributed by atoms with Gasteiger partial charge in [-0.25, -0.2) is 4.39 Å². The van der Waals surface area contributed by atoms with E-state index in [0.717, 1.165) is 10.9 Å². The minimum Gasteiger partial charge on any atom is -0.388 e. The molecule has 0 fully saturated rings. The van der Waals surface area contributed by atoms with Crippen molar-refractivity contribution in [2.24, 2.45) is 0 Å². The third-order valence-corrected chi connectivity index (χ3v) is 3.57. The number of benzene rings is 1. The number of aliphatic hydroxyl groups is 1. The van der Waals surface area contributed by atoms with Crippen LogP contribution >= 0.6 is 11.3 Å². The Kier molecular flexibility index (Phi) is 3.91. The summed E-state index contributed by atoms with van der Waals surface area (Å²) < 4.78 is 51.4. The van der Waals surface area contributed by atoms with Gasteiger partial charge in [0, 0.05) is 16.9 Å². The van der Waals surface area contributed by atoms with Gasteiger partial charge in [-0.1, -0.05) is 18.2 Å². The molecule has 1 atom stereocenters. The van der Waals surface area contributed by atoms with Gasteiger partial charge < -0.3 is 5.11 Å². The summed E-state index contributed by atoms with van der Waals surface area (Å²) in [6.07, 6.45) is -5.96. The van der Waals surface area contributed by atoms with Crippen LogP contribution in [0.5, 0.6) is 0 Å². The van der Waals surface area contributed by atoms with Crippen molar-refractivity contribution in [3.63, 3.8) is 0 Å². The van der Waals surface area contributed by atoms with Gasteiger partial charge in [0.25, 0.3) is 0 Å². The number of hydrogen-bond donors (Lipinski definition) is 1. The maximum atomic E-state index is 13.8. The first-order valence-electron chi connectivity index (χ1n) is 5.45. The summed E-state index contributed by atoms with van der Waals surface area (Å²) in [7, 11) is 0. The molecule has 0 saturated heterocycles. The van der Waals surface area contributed by atoms with Crippen LogP contribution in [-0.2, 0) is 12.6 Å². The lowest BCUT2D eigenvalue weighted by atomic mass is 10.0. The predicted octanol–water partition coefficient (Wildman–Crippen LogP) is 4.18. The minimum atomic E-state index is -4.76. The molecule has 1 nitrogen and oxygen atoms in total. The molecule has 0 spiro atoms. The normalized spacial score (nSPS) is 13.5.